The summed E-state index contributed by atoms with van der Waals surface area (Å²) in [4.78, 5) is 5.74. The molecule has 16 heavy (non-hydrogen) atoms. The first-order chi connectivity index (χ1) is 7.88. The minimum absolute atomic E-state index is 0.576. The summed E-state index contributed by atoms with van der Waals surface area (Å²) >= 11 is 3.61. The van der Waals surface area contributed by atoms with Gasteiger partial charge in [0, 0.05) is 23.4 Å². The topological polar surface area (TPSA) is 43.3 Å². The number of imidazole rings is 1. The van der Waals surface area contributed by atoms with Crippen LogP contribution in [0.25, 0.3) is 4.96 Å². The lowest BCUT2D eigenvalue weighted by Crippen LogP contribution is -2.03. The molecule has 0 atom stereocenters. The van der Waals surface area contributed by atoms with Crippen LogP contribution in [0, 0.1) is 0 Å². The summed E-state index contributed by atoms with van der Waals surface area (Å²) in [5.41, 5.74) is 7.00. The predicted molar refractivity (Wildman–Crippen MR) is 69.1 cm³/mol. The Morgan fingerprint density at radius 1 is 1.50 bits per heavy atom. The van der Waals surface area contributed by atoms with Crippen molar-refractivity contribution in [1.29, 1.82) is 0 Å². The van der Waals surface area contributed by atoms with E-state index in [-0.39, 0.29) is 0 Å². The van der Waals surface area contributed by atoms with Crippen molar-refractivity contribution in [2.24, 2.45) is 5.73 Å². The molecular formula is C11H15N3S2. The highest BCUT2D eigenvalue weighted by Gasteiger charge is 2.20. The normalized spacial score (nSPS) is 17.6. The number of hydrogen-bond donors (Lipinski definition) is 1. The van der Waals surface area contributed by atoms with Crippen molar-refractivity contribution in [1.82, 2.24) is 9.38 Å². The monoisotopic (exact) mass is 253 g/mol. The number of fused-ring (bicyclic) bond motifs is 1. The molecule has 2 N–H and O–H groups in total. The molecule has 0 bridgehead atoms. The average molecular weight is 253 g/mol. The molecule has 2 aromatic heterocycles. The second-order valence-corrected chi connectivity index (χ2v) is 6.31. The molecule has 1 saturated carbocycles. The van der Waals surface area contributed by atoms with Crippen LogP contribution in [-0.4, -0.2) is 14.6 Å². The van der Waals surface area contributed by atoms with Gasteiger partial charge in [0.05, 0.1) is 5.69 Å². The van der Waals surface area contributed by atoms with Crippen LogP contribution in [0.5, 0.6) is 0 Å². The Kier molecular flexibility index (Phi) is 2.91. The summed E-state index contributed by atoms with van der Waals surface area (Å²) in [5, 5.41) is 3.97. The van der Waals surface area contributed by atoms with Gasteiger partial charge in [-0.1, -0.05) is 12.8 Å². The molecule has 0 aromatic carbocycles. The summed E-state index contributed by atoms with van der Waals surface area (Å²) in [6.07, 6.45) is 7.48. The van der Waals surface area contributed by atoms with Crippen LogP contribution >= 0.6 is 23.1 Å². The number of nitrogens with two attached hydrogens (primary N) is 1. The van der Waals surface area contributed by atoms with Gasteiger partial charge in [-0.15, -0.1) is 23.1 Å². The molecule has 0 unspecified atom stereocenters. The lowest BCUT2D eigenvalue weighted by Gasteiger charge is -2.07. The molecule has 1 aliphatic rings. The summed E-state index contributed by atoms with van der Waals surface area (Å²) in [6.45, 7) is 0.576. The van der Waals surface area contributed by atoms with Crippen molar-refractivity contribution < 1.29 is 0 Å². The molecule has 0 radical (unpaired) electrons. The second-order valence-electron chi connectivity index (χ2n) is 4.15. The third kappa shape index (κ3) is 1.77. The summed E-state index contributed by atoms with van der Waals surface area (Å²) in [7, 11) is 0. The van der Waals surface area contributed by atoms with E-state index in [1.165, 1.54) is 31.4 Å². The Hall–Kier alpha value is -0.520. The van der Waals surface area contributed by atoms with Crippen LogP contribution in [0.2, 0.25) is 0 Å². The predicted octanol–water partition coefficient (Wildman–Crippen LogP) is 2.89. The quantitative estimate of drug-likeness (QED) is 0.914. The molecular weight excluding hydrogens is 238 g/mol. The summed E-state index contributed by atoms with van der Waals surface area (Å²) < 4.78 is 2.13. The smallest absolute Gasteiger partial charge is 0.194 e. The molecule has 0 amide bonds. The van der Waals surface area contributed by atoms with Gasteiger partial charge in [-0.05, 0) is 12.8 Å². The number of rotatable bonds is 3. The number of thioether (sulfide) groups is 1. The van der Waals surface area contributed by atoms with Crippen LogP contribution < -0.4 is 5.73 Å². The zero-order chi connectivity index (χ0) is 11.0. The van der Waals surface area contributed by atoms with E-state index in [1.807, 2.05) is 11.8 Å². The highest BCUT2D eigenvalue weighted by Crippen LogP contribution is 2.36. The van der Waals surface area contributed by atoms with Crippen molar-refractivity contribution in [3.05, 3.63) is 17.3 Å². The van der Waals surface area contributed by atoms with Crippen molar-refractivity contribution in [3.63, 3.8) is 0 Å². The lowest BCUT2D eigenvalue weighted by atomic mass is 10.4. The van der Waals surface area contributed by atoms with Crippen molar-refractivity contribution >= 4 is 28.1 Å². The van der Waals surface area contributed by atoms with Gasteiger partial charge in [-0.3, -0.25) is 4.40 Å². The van der Waals surface area contributed by atoms with Gasteiger partial charge in [0.25, 0.3) is 0 Å². The minimum atomic E-state index is 0.576. The average Bonchev–Trinajstić information content (AvgIpc) is 2.93. The van der Waals surface area contributed by atoms with Crippen LogP contribution in [0.3, 0.4) is 0 Å². The maximum Gasteiger partial charge on any atom is 0.194 e. The zero-order valence-corrected chi connectivity index (χ0v) is 10.7. The fraction of sp³-hybridized carbons (Fsp3) is 0.545. The molecule has 5 heteroatoms. The van der Waals surface area contributed by atoms with Crippen LogP contribution in [-0.2, 0) is 6.54 Å². The maximum absolute atomic E-state index is 5.83. The van der Waals surface area contributed by atoms with E-state index in [0.29, 0.717) is 6.54 Å². The highest BCUT2D eigenvalue weighted by molar-refractivity contribution is 7.99. The Labute approximate surface area is 103 Å². The SMILES string of the molecule is NCc1c(SC2CCCC2)nc2sccn12. The van der Waals surface area contributed by atoms with Crippen LogP contribution in [0.4, 0.5) is 0 Å². The molecule has 2 heterocycles. The van der Waals surface area contributed by atoms with E-state index in [1.54, 1.807) is 11.3 Å². The molecule has 86 valence electrons. The first-order valence-corrected chi connectivity index (χ1v) is 7.45. The van der Waals surface area contributed by atoms with E-state index in [0.717, 1.165) is 15.2 Å². The van der Waals surface area contributed by atoms with Gasteiger partial charge in [0.15, 0.2) is 4.96 Å². The van der Waals surface area contributed by atoms with E-state index >= 15 is 0 Å². The molecule has 0 aliphatic heterocycles. The molecule has 0 spiro atoms. The Bertz CT molecular complexity index is 482. The van der Waals surface area contributed by atoms with Gasteiger partial charge in [0.1, 0.15) is 5.03 Å². The van der Waals surface area contributed by atoms with Gasteiger partial charge in [-0.2, -0.15) is 0 Å². The van der Waals surface area contributed by atoms with E-state index in [2.05, 4.69) is 21.0 Å². The third-order valence-corrected chi connectivity index (χ3v) is 5.21. The number of hydrogen-bond acceptors (Lipinski definition) is 4. The molecule has 3 rings (SSSR count). The Balaban J connectivity index is 1.92. The Morgan fingerprint density at radius 2 is 2.31 bits per heavy atom. The van der Waals surface area contributed by atoms with Crippen LogP contribution in [0.15, 0.2) is 16.6 Å². The molecule has 2 aromatic rings. The van der Waals surface area contributed by atoms with Crippen LogP contribution in [0.1, 0.15) is 31.4 Å². The Morgan fingerprint density at radius 3 is 3.06 bits per heavy atom. The second kappa shape index (κ2) is 4.39. The third-order valence-electron chi connectivity index (χ3n) is 3.10. The molecule has 3 nitrogen and oxygen atoms in total. The molecule has 1 aliphatic carbocycles. The van der Waals surface area contributed by atoms with Gasteiger partial charge < -0.3 is 5.73 Å². The van der Waals surface area contributed by atoms with Crippen molar-refractivity contribution in [2.75, 3.05) is 0 Å². The van der Waals surface area contributed by atoms with Gasteiger partial charge >= 0.3 is 0 Å². The first-order valence-electron chi connectivity index (χ1n) is 5.69. The molecule has 0 saturated heterocycles. The number of thiazole rings is 1. The number of nitrogens with zero attached hydrogens (tertiary/aromatic N) is 2. The fourth-order valence-corrected chi connectivity index (χ4v) is 4.39. The standard InChI is InChI=1S/C11H15N3S2/c12-7-9-10(16-8-3-1-2-4-8)13-11-14(9)5-6-15-11/h5-6,8H,1-4,7,12H2. The van der Waals surface area contributed by atoms with Crippen molar-refractivity contribution in [2.45, 2.75) is 42.5 Å². The summed E-state index contributed by atoms with van der Waals surface area (Å²) in [5.74, 6) is 0. The maximum atomic E-state index is 5.83. The molecule has 1 fully saturated rings. The minimum Gasteiger partial charge on any atom is -0.325 e. The highest BCUT2D eigenvalue weighted by atomic mass is 32.2. The van der Waals surface area contributed by atoms with Gasteiger partial charge in [-0.25, -0.2) is 4.98 Å². The number of aromatic nitrogens is 2. The summed E-state index contributed by atoms with van der Waals surface area (Å²) in [6, 6.07) is 0. The zero-order valence-electron chi connectivity index (χ0n) is 9.06. The first kappa shape index (κ1) is 10.6. The van der Waals surface area contributed by atoms with Crippen molar-refractivity contribution in [3.8, 4) is 0 Å². The largest absolute Gasteiger partial charge is 0.325 e. The lowest BCUT2D eigenvalue weighted by molar-refractivity contribution is 0.886. The van der Waals surface area contributed by atoms with E-state index < -0.39 is 0 Å². The fourth-order valence-electron chi connectivity index (χ4n) is 2.26. The van der Waals surface area contributed by atoms with E-state index in [4.69, 9.17) is 5.73 Å². The van der Waals surface area contributed by atoms with E-state index in [9.17, 15) is 0 Å². The van der Waals surface area contributed by atoms with Gasteiger partial charge in [0.2, 0.25) is 0 Å².